The lowest BCUT2D eigenvalue weighted by Gasteiger charge is -2.10. The van der Waals surface area contributed by atoms with Crippen molar-refractivity contribution in [2.45, 2.75) is 15.5 Å². The summed E-state index contributed by atoms with van der Waals surface area (Å²) < 4.78 is -1.52. The average molecular weight is 212 g/mol. The van der Waals surface area contributed by atoms with Crippen LogP contribution < -0.4 is 0 Å². The molecule has 0 aromatic rings. The van der Waals surface area contributed by atoms with Crippen molar-refractivity contribution in [3.63, 3.8) is 0 Å². The molecule has 1 heterocycles. The molecule has 6 heteroatoms. The van der Waals surface area contributed by atoms with Gasteiger partial charge < -0.3 is 0 Å². The molecule has 1 saturated heterocycles. The van der Waals surface area contributed by atoms with Crippen LogP contribution in [0.1, 0.15) is 0 Å². The SMILES string of the molecule is ClC1OOC(Cl)(Cl)C1Cl. The van der Waals surface area contributed by atoms with Crippen LogP contribution in [0.3, 0.4) is 0 Å². The topological polar surface area (TPSA) is 18.5 Å². The van der Waals surface area contributed by atoms with E-state index in [1.807, 2.05) is 0 Å². The number of halogens is 4. The lowest BCUT2D eigenvalue weighted by Crippen LogP contribution is -2.25. The van der Waals surface area contributed by atoms with Crippen molar-refractivity contribution in [1.29, 1.82) is 0 Å². The first kappa shape index (κ1) is 8.18. The average Bonchev–Trinajstić information content (AvgIpc) is 1.97. The largest absolute Gasteiger partial charge is 0.270 e. The Bertz CT molecular complexity index is 116. The third kappa shape index (κ3) is 1.56. The molecular formula is C3H2Cl4O2. The summed E-state index contributed by atoms with van der Waals surface area (Å²) in [5, 5.41) is -0.748. The Hall–Kier alpha value is 1.08. The van der Waals surface area contributed by atoms with Gasteiger partial charge in [0.1, 0.15) is 5.38 Å². The Morgan fingerprint density at radius 3 is 1.89 bits per heavy atom. The Morgan fingerprint density at radius 1 is 1.22 bits per heavy atom. The van der Waals surface area contributed by atoms with E-state index in [9.17, 15) is 0 Å². The van der Waals surface area contributed by atoms with Crippen LogP contribution in [0.15, 0.2) is 0 Å². The molecule has 1 rings (SSSR count). The summed E-state index contributed by atoms with van der Waals surface area (Å²) in [5.41, 5.74) is -0.790. The van der Waals surface area contributed by atoms with Crippen molar-refractivity contribution in [2.75, 3.05) is 0 Å². The first-order chi connectivity index (χ1) is 4.04. The van der Waals surface area contributed by atoms with E-state index in [1.54, 1.807) is 0 Å². The second-order valence-corrected chi connectivity index (χ2v) is 3.71. The third-order valence-electron chi connectivity index (χ3n) is 0.802. The highest BCUT2D eigenvalue weighted by Crippen LogP contribution is 2.41. The molecule has 9 heavy (non-hydrogen) atoms. The van der Waals surface area contributed by atoms with E-state index in [0.29, 0.717) is 0 Å². The summed E-state index contributed by atoms with van der Waals surface area (Å²) in [7, 11) is 0. The van der Waals surface area contributed by atoms with Gasteiger partial charge in [-0.05, 0) is 0 Å². The zero-order valence-corrected chi connectivity index (χ0v) is 7.01. The molecule has 1 fully saturated rings. The standard InChI is InChI=1S/C3H2Cl4O2/c4-1-2(5)8-9-3(1,6)7/h1-2H. The molecule has 1 aliphatic heterocycles. The molecule has 0 N–H and O–H groups in total. The van der Waals surface area contributed by atoms with Crippen molar-refractivity contribution in [3.8, 4) is 0 Å². The first-order valence-electron chi connectivity index (χ1n) is 2.04. The molecule has 2 atom stereocenters. The van der Waals surface area contributed by atoms with E-state index in [4.69, 9.17) is 46.4 Å². The van der Waals surface area contributed by atoms with Gasteiger partial charge in [0.2, 0.25) is 0 Å². The van der Waals surface area contributed by atoms with Crippen molar-refractivity contribution in [2.24, 2.45) is 0 Å². The smallest absolute Gasteiger partial charge is 0.212 e. The van der Waals surface area contributed by atoms with Crippen LogP contribution in [0.2, 0.25) is 0 Å². The first-order valence-corrected chi connectivity index (χ1v) is 3.67. The van der Waals surface area contributed by atoms with E-state index in [0.717, 1.165) is 0 Å². The maximum absolute atomic E-state index is 5.51. The van der Waals surface area contributed by atoms with Gasteiger partial charge >= 0.3 is 0 Å². The summed E-state index contributed by atoms with van der Waals surface area (Å²) >= 11 is 21.7. The maximum Gasteiger partial charge on any atom is 0.270 e. The van der Waals surface area contributed by atoms with Crippen LogP contribution in [0.25, 0.3) is 0 Å². The molecule has 1 aliphatic rings. The van der Waals surface area contributed by atoms with Crippen LogP contribution >= 0.6 is 46.4 Å². The van der Waals surface area contributed by atoms with E-state index in [2.05, 4.69) is 9.78 Å². The minimum absolute atomic E-state index is 0.748. The monoisotopic (exact) mass is 210 g/mol. The molecule has 0 aliphatic carbocycles. The Kier molecular flexibility index (Phi) is 2.37. The van der Waals surface area contributed by atoms with Crippen molar-refractivity contribution in [3.05, 3.63) is 0 Å². The van der Waals surface area contributed by atoms with E-state index < -0.39 is 15.5 Å². The molecule has 0 aromatic heterocycles. The van der Waals surface area contributed by atoms with E-state index in [-0.39, 0.29) is 0 Å². The van der Waals surface area contributed by atoms with Gasteiger partial charge in [0.15, 0.2) is 5.56 Å². The van der Waals surface area contributed by atoms with Gasteiger partial charge in [-0.15, -0.1) is 11.6 Å². The van der Waals surface area contributed by atoms with Crippen molar-refractivity contribution in [1.82, 2.24) is 0 Å². The Morgan fingerprint density at radius 2 is 1.78 bits per heavy atom. The Balaban J connectivity index is 2.62. The number of hydrogen-bond donors (Lipinski definition) is 0. The van der Waals surface area contributed by atoms with Crippen LogP contribution in [-0.2, 0) is 9.78 Å². The van der Waals surface area contributed by atoms with Crippen LogP contribution in [0.5, 0.6) is 0 Å². The summed E-state index contributed by atoms with van der Waals surface area (Å²) in [6.07, 6.45) is 0. The van der Waals surface area contributed by atoms with Gasteiger partial charge in [-0.25, -0.2) is 4.89 Å². The molecule has 0 amide bonds. The lowest BCUT2D eigenvalue weighted by molar-refractivity contribution is -0.277. The predicted octanol–water partition coefficient (Wildman–Crippen LogP) is 2.25. The number of hydrogen-bond acceptors (Lipinski definition) is 2. The Labute approximate surface area is 71.8 Å². The van der Waals surface area contributed by atoms with Gasteiger partial charge in [0, 0.05) is 0 Å². The predicted molar refractivity (Wildman–Crippen MR) is 35.9 cm³/mol. The molecule has 0 aromatic carbocycles. The summed E-state index contributed by atoms with van der Waals surface area (Å²) in [5.74, 6) is 0. The number of alkyl halides is 4. The van der Waals surface area contributed by atoms with E-state index in [1.165, 1.54) is 0 Å². The minimum Gasteiger partial charge on any atom is -0.212 e. The highest BCUT2D eigenvalue weighted by molar-refractivity contribution is 6.52. The van der Waals surface area contributed by atoms with Crippen LogP contribution in [0.4, 0.5) is 0 Å². The van der Waals surface area contributed by atoms with Gasteiger partial charge in [-0.2, -0.15) is 4.89 Å². The highest BCUT2D eigenvalue weighted by atomic mass is 35.5. The van der Waals surface area contributed by atoms with Crippen LogP contribution in [0, 0.1) is 0 Å². The maximum atomic E-state index is 5.51. The molecule has 0 saturated carbocycles. The quantitative estimate of drug-likeness (QED) is 0.452. The van der Waals surface area contributed by atoms with Gasteiger partial charge in [-0.3, -0.25) is 0 Å². The zero-order chi connectivity index (χ0) is 7.07. The minimum atomic E-state index is -1.52. The fraction of sp³-hybridized carbons (Fsp3) is 1.00. The molecular weight excluding hydrogens is 210 g/mol. The summed E-state index contributed by atoms with van der Waals surface area (Å²) in [6.45, 7) is 0. The molecule has 0 radical (unpaired) electrons. The lowest BCUT2D eigenvalue weighted by atomic mass is 10.5. The molecule has 0 bridgehead atoms. The highest BCUT2D eigenvalue weighted by Gasteiger charge is 2.48. The van der Waals surface area contributed by atoms with Crippen LogP contribution in [-0.4, -0.2) is 15.5 Å². The van der Waals surface area contributed by atoms with Crippen molar-refractivity contribution < 1.29 is 9.78 Å². The molecule has 2 nitrogen and oxygen atoms in total. The van der Waals surface area contributed by atoms with Gasteiger partial charge in [0.25, 0.3) is 4.52 Å². The second kappa shape index (κ2) is 2.61. The van der Waals surface area contributed by atoms with Gasteiger partial charge in [-0.1, -0.05) is 34.8 Å². The summed E-state index contributed by atoms with van der Waals surface area (Å²) in [6, 6.07) is 0. The molecule has 2 unspecified atom stereocenters. The fourth-order valence-electron chi connectivity index (χ4n) is 0.357. The molecule has 0 spiro atoms. The number of rotatable bonds is 0. The normalized spacial score (nSPS) is 41.3. The third-order valence-corrected chi connectivity index (χ3v) is 2.61. The van der Waals surface area contributed by atoms with Crippen molar-refractivity contribution >= 4 is 46.4 Å². The molecule has 54 valence electrons. The fourth-order valence-corrected chi connectivity index (χ4v) is 1.08. The van der Waals surface area contributed by atoms with E-state index >= 15 is 0 Å². The summed E-state index contributed by atoms with van der Waals surface area (Å²) in [4.78, 5) is 8.68. The second-order valence-electron chi connectivity index (χ2n) is 1.49. The zero-order valence-electron chi connectivity index (χ0n) is 3.98. The van der Waals surface area contributed by atoms with Gasteiger partial charge in [0.05, 0.1) is 0 Å².